The lowest BCUT2D eigenvalue weighted by atomic mass is 9.66. The van der Waals surface area contributed by atoms with E-state index in [1.54, 1.807) is 0 Å². The van der Waals surface area contributed by atoms with Crippen LogP contribution in [0.4, 0.5) is 17.1 Å². The Kier molecular flexibility index (Phi) is 12.4. The number of para-hydroxylation sites is 2. The van der Waals surface area contributed by atoms with E-state index in [2.05, 4.69) is 259 Å². The van der Waals surface area contributed by atoms with Gasteiger partial charge < -0.3 is 19.0 Å². The summed E-state index contributed by atoms with van der Waals surface area (Å²) in [5.74, 6) is 1.78. The number of anilines is 3. The SMILES string of the molecule is C1=CC(c2nc3ccccc3o2)CC(N(C2=CCC(c3ccccc3)C=C2)c2ccc3c(c2)C(C2=CCCC=C2)(c2ccccc2)c2cc(N(C4=CC(C5=NC6C=CC=CC6O5)CC=C4)c4ccc(-c5ccccc5)cc4)ccc2-3)=C1. The number of hydrogen-bond acceptors (Lipinski definition) is 6. The van der Waals surface area contributed by atoms with E-state index < -0.39 is 5.41 Å². The molecule has 392 valence electrons. The van der Waals surface area contributed by atoms with E-state index in [0.717, 1.165) is 83.4 Å². The monoisotopic (exact) mass is 1050 g/mol. The maximum absolute atomic E-state index is 6.59. The third kappa shape index (κ3) is 8.74. The molecule has 1 aliphatic heterocycles. The number of ether oxygens (including phenoxy) is 1. The van der Waals surface area contributed by atoms with Crippen LogP contribution in [0.2, 0.25) is 0 Å². The van der Waals surface area contributed by atoms with Crippen molar-refractivity contribution in [3.05, 3.63) is 324 Å². The highest BCUT2D eigenvalue weighted by molar-refractivity contribution is 5.91. The number of hydrogen-bond donors (Lipinski definition) is 0. The van der Waals surface area contributed by atoms with Crippen LogP contribution in [0.5, 0.6) is 0 Å². The molecule has 0 fully saturated rings. The summed E-state index contributed by atoms with van der Waals surface area (Å²) in [4.78, 5) is 15.1. The molecule has 0 saturated carbocycles. The second-order valence-electron chi connectivity index (χ2n) is 22.1. The van der Waals surface area contributed by atoms with E-state index in [0.29, 0.717) is 5.92 Å². The molecule has 1 aromatic heterocycles. The minimum Gasteiger partial charge on any atom is -0.470 e. The average molecular weight is 1050 g/mol. The van der Waals surface area contributed by atoms with E-state index in [4.69, 9.17) is 19.1 Å². The first-order valence-electron chi connectivity index (χ1n) is 28.7. The molecule has 6 nitrogen and oxygen atoms in total. The number of benzene rings is 7. The summed E-state index contributed by atoms with van der Waals surface area (Å²) in [5, 5.41) is 0. The maximum atomic E-state index is 6.59. The topological polar surface area (TPSA) is 54.1 Å². The Morgan fingerprint density at radius 2 is 1.25 bits per heavy atom. The number of aliphatic imine (C=N–C) groups is 1. The normalized spacial score (nSPS) is 22.9. The minimum absolute atomic E-state index is 0.00513. The van der Waals surface area contributed by atoms with Crippen LogP contribution in [0.3, 0.4) is 0 Å². The Morgan fingerprint density at radius 1 is 0.531 bits per heavy atom. The molecule has 81 heavy (non-hydrogen) atoms. The molecule has 0 amide bonds. The lowest BCUT2D eigenvalue weighted by molar-refractivity contribution is 0.243. The molecule has 6 aliphatic carbocycles. The van der Waals surface area contributed by atoms with E-state index in [-0.39, 0.29) is 24.0 Å². The van der Waals surface area contributed by atoms with E-state index in [1.807, 2.05) is 24.3 Å². The predicted octanol–water partition coefficient (Wildman–Crippen LogP) is 18.0. The largest absolute Gasteiger partial charge is 0.470 e. The van der Waals surface area contributed by atoms with Gasteiger partial charge in [0.15, 0.2) is 11.5 Å². The van der Waals surface area contributed by atoms with Gasteiger partial charge in [0.1, 0.15) is 17.7 Å². The average Bonchev–Trinajstić information content (AvgIpc) is 4.46. The van der Waals surface area contributed by atoms with Crippen molar-refractivity contribution in [2.24, 2.45) is 10.9 Å². The summed E-state index contributed by atoms with van der Waals surface area (Å²) in [6.07, 6.45) is 40.8. The molecular weight excluding hydrogens is 989 g/mol. The van der Waals surface area contributed by atoms with Gasteiger partial charge in [-0.15, -0.1) is 0 Å². The van der Waals surface area contributed by atoms with Crippen molar-refractivity contribution < 1.29 is 9.15 Å². The van der Waals surface area contributed by atoms with Gasteiger partial charge in [0.2, 0.25) is 5.89 Å². The molecule has 15 rings (SSSR count). The Morgan fingerprint density at radius 3 is 1.99 bits per heavy atom. The molecule has 7 aromatic carbocycles. The van der Waals surface area contributed by atoms with Crippen LogP contribution < -0.4 is 9.80 Å². The summed E-state index contributed by atoms with van der Waals surface area (Å²) < 4.78 is 13.1. The molecule has 6 unspecified atom stereocenters. The lowest BCUT2D eigenvalue weighted by Gasteiger charge is -2.38. The van der Waals surface area contributed by atoms with Crippen molar-refractivity contribution in [3.63, 3.8) is 0 Å². The molecule has 7 aliphatic rings. The van der Waals surface area contributed by atoms with Crippen molar-refractivity contribution in [1.82, 2.24) is 4.98 Å². The van der Waals surface area contributed by atoms with Gasteiger partial charge in [0.25, 0.3) is 0 Å². The third-order valence-corrected chi connectivity index (χ3v) is 17.2. The number of allylic oxidation sites excluding steroid dienone is 15. The Balaban J connectivity index is 0.887. The second-order valence-corrected chi connectivity index (χ2v) is 22.1. The Labute approximate surface area is 474 Å². The fourth-order valence-corrected chi connectivity index (χ4v) is 13.4. The molecular formula is C75H60N4O2. The summed E-state index contributed by atoms with van der Waals surface area (Å²) in [5.41, 5.74) is 18.9. The second kappa shape index (κ2) is 20.6. The smallest absolute Gasteiger partial charge is 0.202 e. The lowest BCUT2D eigenvalue weighted by Crippen LogP contribution is -2.31. The van der Waals surface area contributed by atoms with Gasteiger partial charge in [0, 0.05) is 46.5 Å². The van der Waals surface area contributed by atoms with Crippen LogP contribution in [0.25, 0.3) is 33.4 Å². The molecule has 0 spiro atoms. The van der Waals surface area contributed by atoms with E-state index >= 15 is 0 Å². The summed E-state index contributed by atoms with van der Waals surface area (Å²) in [6, 6.07) is 64.4. The first kappa shape index (κ1) is 48.6. The highest BCUT2D eigenvalue weighted by Gasteiger charge is 2.48. The first-order valence-corrected chi connectivity index (χ1v) is 28.7. The molecule has 0 bridgehead atoms. The van der Waals surface area contributed by atoms with Crippen molar-refractivity contribution >= 4 is 34.1 Å². The summed E-state index contributed by atoms with van der Waals surface area (Å²) in [6.45, 7) is 0. The van der Waals surface area contributed by atoms with Crippen LogP contribution in [-0.4, -0.2) is 23.0 Å². The molecule has 0 saturated heterocycles. The van der Waals surface area contributed by atoms with Gasteiger partial charge in [-0.05, 0) is 155 Å². The van der Waals surface area contributed by atoms with Gasteiger partial charge >= 0.3 is 0 Å². The van der Waals surface area contributed by atoms with Crippen LogP contribution in [-0.2, 0) is 10.2 Å². The predicted molar refractivity (Wildman–Crippen MR) is 330 cm³/mol. The maximum Gasteiger partial charge on any atom is 0.202 e. The van der Waals surface area contributed by atoms with Gasteiger partial charge in [0.05, 0.1) is 17.3 Å². The van der Waals surface area contributed by atoms with Crippen molar-refractivity contribution in [3.8, 4) is 22.3 Å². The highest BCUT2D eigenvalue weighted by atomic mass is 16.5. The minimum atomic E-state index is -0.663. The van der Waals surface area contributed by atoms with Crippen LogP contribution in [0.1, 0.15) is 72.1 Å². The molecule has 6 heteroatoms. The van der Waals surface area contributed by atoms with Gasteiger partial charge in [-0.2, -0.15) is 0 Å². The number of fused-ring (bicyclic) bond motifs is 5. The zero-order valence-corrected chi connectivity index (χ0v) is 45.0. The van der Waals surface area contributed by atoms with Gasteiger partial charge in [-0.3, -0.25) is 0 Å². The number of oxazole rings is 1. The molecule has 0 radical (unpaired) electrons. The third-order valence-electron chi connectivity index (χ3n) is 17.2. The fourth-order valence-electron chi connectivity index (χ4n) is 13.4. The Bertz CT molecular complexity index is 4060. The van der Waals surface area contributed by atoms with Crippen LogP contribution >= 0.6 is 0 Å². The Hall–Kier alpha value is -9.52. The van der Waals surface area contributed by atoms with Crippen molar-refractivity contribution in [1.29, 1.82) is 0 Å². The van der Waals surface area contributed by atoms with Gasteiger partial charge in [-0.25, -0.2) is 9.98 Å². The zero-order chi connectivity index (χ0) is 53.7. The summed E-state index contributed by atoms with van der Waals surface area (Å²) >= 11 is 0. The number of rotatable bonds is 12. The van der Waals surface area contributed by atoms with Crippen LogP contribution in [0, 0.1) is 5.92 Å². The molecule has 0 N–H and O–H groups in total. The number of nitrogens with zero attached hydrogens (tertiary/aromatic N) is 4. The zero-order valence-electron chi connectivity index (χ0n) is 45.0. The van der Waals surface area contributed by atoms with Crippen molar-refractivity contribution in [2.45, 2.75) is 61.5 Å². The number of aromatic nitrogens is 1. The summed E-state index contributed by atoms with van der Waals surface area (Å²) in [7, 11) is 0. The van der Waals surface area contributed by atoms with E-state index in [9.17, 15) is 0 Å². The quantitative estimate of drug-likeness (QED) is 0.122. The molecule has 2 heterocycles. The van der Waals surface area contributed by atoms with Crippen molar-refractivity contribution in [2.75, 3.05) is 9.80 Å². The first-order chi connectivity index (χ1) is 40.1. The molecule has 8 aromatic rings. The van der Waals surface area contributed by atoms with Crippen LogP contribution in [0.15, 0.2) is 305 Å². The van der Waals surface area contributed by atoms with Gasteiger partial charge in [-0.1, -0.05) is 194 Å². The standard InChI is InChI=1S/C75H60N4O2/c1-5-19-51(20-6-1)53-35-39-59(40-36-53)78(61-29-17-23-55(47-61)73-76-69-31-13-15-33-71(69)80-73)63-43-45-65-66-46-44-64(50-68(66)75(67(65)49-63,57-25-9-3-10-26-57)58-27-11-4-12-28-58)79(60-41-37-54(38-42-60)52-21-7-2-8-22-52)62-30-18-24-56(48-62)74-77-70-32-14-16-34-72(70)81-74/h1-3,5-11,13-23,25-35,37-46,48-50,53,55-56,70,72H,4,12,24,36,47H2. The molecule has 6 atom stereocenters. The fraction of sp³-hybridized carbons (Fsp3) is 0.147. The van der Waals surface area contributed by atoms with E-state index in [1.165, 1.54) is 55.8 Å². The highest BCUT2D eigenvalue weighted by Crippen LogP contribution is 2.59.